The van der Waals surface area contributed by atoms with Gasteiger partial charge in [-0.25, -0.2) is 0 Å². The zero-order chi connectivity index (χ0) is 9.26. The molecule has 1 amide bonds. The lowest BCUT2D eigenvalue weighted by Crippen LogP contribution is -2.22. The maximum absolute atomic E-state index is 10.9. The minimum absolute atomic E-state index is 0.385. The third-order valence-corrected chi connectivity index (χ3v) is 2.87. The molecule has 1 unspecified atom stereocenters. The van der Waals surface area contributed by atoms with Crippen LogP contribution in [0.1, 0.15) is 0 Å². The highest BCUT2D eigenvalue weighted by molar-refractivity contribution is 8.05. The molecule has 1 heterocycles. The first-order valence-corrected chi connectivity index (χ1v) is 4.74. The van der Waals surface area contributed by atoms with Gasteiger partial charge in [0.1, 0.15) is 0 Å². The molecule has 0 saturated heterocycles. The zero-order valence-corrected chi connectivity index (χ0v) is 7.62. The van der Waals surface area contributed by atoms with E-state index < -0.39 is 5.37 Å². The summed E-state index contributed by atoms with van der Waals surface area (Å²) in [5, 5.41) is -0.447. The number of carbonyl (C=O) groups is 1. The van der Waals surface area contributed by atoms with Crippen LogP contribution in [0.4, 0.5) is 0 Å². The van der Waals surface area contributed by atoms with E-state index in [1.165, 1.54) is 11.8 Å². The first-order chi connectivity index (χ1) is 6.27. The Hall–Kier alpha value is -1.29. The van der Waals surface area contributed by atoms with Crippen molar-refractivity contribution in [1.29, 1.82) is 0 Å². The number of aliphatic imine (C=N–C) groups is 1. The lowest BCUT2D eigenvalue weighted by Gasteiger charge is -1.97. The van der Waals surface area contributed by atoms with Crippen molar-refractivity contribution in [1.82, 2.24) is 0 Å². The predicted octanol–water partition coefficient (Wildman–Crippen LogP) is 0.996. The normalized spacial score (nSPS) is 24.8. The van der Waals surface area contributed by atoms with Gasteiger partial charge >= 0.3 is 0 Å². The molecule has 0 fully saturated rings. The molecular weight excluding hydrogens is 184 g/mol. The van der Waals surface area contributed by atoms with Gasteiger partial charge in [-0.05, 0) is 12.2 Å². The summed E-state index contributed by atoms with van der Waals surface area (Å²) in [6.45, 7) is 0. The molecule has 1 aliphatic carbocycles. The van der Waals surface area contributed by atoms with Crippen LogP contribution in [0.2, 0.25) is 0 Å². The number of primary amides is 1. The second-order valence-corrected chi connectivity index (χ2v) is 3.78. The van der Waals surface area contributed by atoms with Crippen LogP contribution >= 0.6 is 11.8 Å². The average molecular weight is 192 g/mol. The monoisotopic (exact) mass is 192 g/mol. The Morgan fingerprint density at radius 3 is 3.08 bits per heavy atom. The Bertz CT molecular complexity index is 366. The SMILES string of the molecule is NC(=O)C1N=C2C=CC=CC=C2S1. The Balaban J connectivity index is 2.31. The smallest absolute Gasteiger partial charge is 0.252 e. The molecular formula is C9H8N2OS. The molecule has 2 rings (SSSR count). The highest BCUT2D eigenvalue weighted by Gasteiger charge is 2.25. The molecule has 13 heavy (non-hydrogen) atoms. The number of allylic oxidation sites excluding steroid dienone is 6. The van der Waals surface area contributed by atoms with Crippen LogP contribution in [-0.4, -0.2) is 17.0 Å². The summed E-state index contributed by atoms with van der Waals surface area (Å²) in [6.07, 6.45) is 9.56. The summed E-state index contributed by atoms with van der Waals surface area (Å²) >= 11 is 1.40. The van der Waals surface area contributed by atoms with Crippen LogP contribution < -0.4 is 5.73 Å². The largest absolute Gasteiger partial charge is 0.367 e. The van der Waals surface area contributed by atoms with Crippen molar-refractivity contribution < 1.29 is 4.79 Å². The van der Waals surface area contributed by atoms with Gasteiger partial charge in [-0.3, -0.25) is 9.79 Å². The van der Waals surface area contributed by atoms with Gasteiger partial charge in [0, 0.05) is 4.91 Å². The molecule has 0 saturated carbocycles. The van der Waals surface area contributed by atoms with E-state index in [0.717, 1.165) is 10.6 Å². The molecule has 0 aromatic carbocycles. The minimum atomic E-state index is -0.447. The minimum Gasteiger partial charge on any atom is -0.367 e. The fourth-order valence-corrected chi connectivity index (χ4v) is 2.04. The second-order valence-electron chi connectivity index (χ2n) is 2.66. The van der Waals surface area contributed by atoms with Gasteiger partial charge in [0.2, 0.25) is 0 Å². The summed E-state index contributed by atoms with van der Waals surface area (Å²) in [4.78, 5) is 16.0. The number of nitrogens with two attached hydrogens (primary N) is 1. The van der Waals surface area contributed by atoms with E-state index in [0.29, 0.717) is 0 Å². The lowest BCUT2D eigenvalue weighted by atomic mass is 10.3. The molecule has 66 valence electrons. The van der Waals surface area contributed by atoms with Crippen LogP contribution in [0.3, 0.4) is 0 Å². The highest BCUT2D eigenvalue weighted by Crippen LogP contribution is 2.32. The Morgan fingerprint density at radius 1 is 1.46 bits per heavy atom. The van der Waals surface area contributed by atoms with Crippen molar-refractivity contribution in [2.75, 3.05) is 0 Å². The molecule has 0 aromatic heterocycles. The molecule has 3 nitrogen and oxygen atoms in total. The molecule has 1 atom stereocenters. The number of rotatable bonds is 1. The van der Waals surface area contributed by atoms with E-state index in [2.05, 4.69) is 4.99 Å². The maximum atomic E-state index is 10.9. The molecule has 4 heteroatoms. The molecule has 0 spiro atoms. The van der Waals surface area contributed by atoms with E-state index in [-0.39, 0.29) is 5.91 Å². The van der Waals surface area contributed by atoms with Gasteiger partial charge in [-0.2, -0.15) is 0 Å². The standard InChI is InChI=1S/C9H8N2OS/c10-8(12)9-11-6-4-2-1-3-5-7(6)13-9/h1-5,9H,(H2,10,12). The third kappa shape index (κ3) is 1.58. The highest BCUT2D eigenvalue weighted by atomic mass is 32.2. The zero-order valence-electron chi connectivity index (χ0n) is 6.81. The Labute approximate surface area is 80.1 Å². The van der Waals surface area contributed by atoms with Crippen molar-refractivity contribution in [3.05, 3.63) is 35.3 Å². The number of amides is 1. The number of hydrogen-bond donors (Lipinski definition) is 1. The molecule has 0 radical (unpaired) electrons. The molecule has 2 aliphatic rings. The van der Waals surface area contributed by atoms with E-state index in [9.17, 15) is 4.79 Å². The summed E-state index contributed by atoms with van der Waals surface area (Å²) in [6, 6.07) is 0. The van der Waals surface area contributed by atoms with Gasteiger partial charge in [-0.1, -0.05) is 30.0 Å². The summed E-state index contributed by atoms with van der Waals surface area (Å²) in [5.74, 6) is -0.385. The van der Waals surface area contributed by atoms with Crippen molar-refractivity contribution in [2.24, 2.45) is 10.7 Å². The fourth-order valence-electron chi connectivity index (χ4n) is 1.12. The molecule has 1 aliphatic heterocycles. The molecule has 0 bridgehead atoms. The second kappa shape index (κ2) is 3.22. The van der Waals surface area contributed by atoms with Crippen LogP contribution in [0.25, 0.3) is 0 Å². The molecule has 2 N–H and O–H groups in total. The maximum Gasteiger partial charge on any atom is 0.252 e. The van der Waals surface area contributed by atoms with E-state index >= 15 is 0 Å². The van der Waals surface area contributed by atoms with Gasteiger partial charge in [-0.15, -0.1) is 0 Å². The van der Waals surface area contributed by atoms with Crippen molar-refractivity contribution >= 4 is 23.4 Å². The van der Waals surface area contributed by atoms with Crippen molar-refractivity contribution in [2.45, 2.75) is 5.37 Å². The fraction of sp³-hybridized carbons (Fsp3) is 0.111. The third-order valence-electron chi connectivity index (χ3n) is 1.71. The van der Waals surface area contributed by atoms with Crippen molar-refractivity contribution in [3.8, 4) is 0 Å². The topological polar surface area (TPSA) is 55.5 Å². The van der Waals surface area contributed by atoms with Gasteiger partial charge in [0.15, 0.2) is 5.37 Å². The Morgan fingerprint density at radius 2 is 2.31 bits per heavy atom. The van der Waals surface area contributed by atoms with Crippen LogP contribution in [-0.2, 0) is 4.79 Å². The van der Waals surface area contributed by atoms with E-state index in [4.69, 9.17) is 5.73 Å². The first-order valence-electron chi connectivity index (χ1n) is 3.86. The lowest BCUT2D eigenvalue weighted by molar-refractivity contribution is -0.117. The summed E-state index contributed by atoms with van der Waals surface area (Å²) < 4.78 is 0. The number of fused-ring (bicyclic) bond motifs is 1. The van der Waals surface area contributed by atoms with Crippen molar-refractivity contribution in [3.63, 3.8) is 0 Å². The Kier molecular flexibility index (Phi) is 2.06. The molecule has 0 aromatic rings. The first kappa shape index (κ1) is 8.31. The predicted molar refractivity (Wildman–Crippen MR) is 54.4 cm³/mol. The number of nitrogens with zero attached hydrogens (tertiary/aromatic N) is 1. The summed E-state index contributed by atoms with van der Waals surface area (Å²) in [7, 11) is 0. The van der Waals surface area contributed by atoms with Gasteiger partial charge in [0.05, 0.1) is 5.71 Å². The number of hydrogen-bond acceptors (Lipinski definition) is 3. The van der Waals surface area contributed by atoms with E-state index in [1.54, 1.807) is 0 Å². The van der Waals surface area contributed by atoms with E-state index in [1.807, 2.05) is 30.4 Å². The number of thioether (sulfide) groups is 1. The van der Waals surface area contributed by atoms with Crippen LogP contribution in [0.15, 0.2) is 40.3 Å². The van der Waals surface area contributed by atoms with Crippen LogP contribution in [0, 0.1) is 0 Å². The van der Waals surface area contributed by atoms with Crippen LogP contribution in [0.5, 0.6) is 0 Å². The van der Waals surface area contributed by atoms with Gasteiger partial charge < -0.3 is 5.73 Å². The average Bonchev–Trinajstić information content (AvgIpc) is 2.38. The quantitative estimate of drug-likeness (QED) is 0.673. The number of carbonyl (C=O) groups excluding carboxylic acids is 1. The summed E-state index contributed by atoms with van der Waals surface area (Å²) in [5.41, 5.74) is 6.00. The van der Waals surface area contributed by atoms with Gasteiger partial charge in [0.25, 0.3) is 5.91 Å².